The van der Waals surface area contributed by atoms with E-state index in [1.165, 1.54) is 0 Å². The second-order valence-electron chi connectivity index (χ2n) is 9.54. The molecule has 1 unspecified atom stereocenters. The van der Waals surface area contributed by atoms with Crippen molar-refractivity contribution in [3.05, 3.63) is 29.8 Å². The molecule has 3 aliphatic heterocycles. The Morgan fingerprint density at radius 1 is 1.00 bits per heavy atom. The first-order valence-corrected chi connectivity index (χ1v) is 11.7. The van der Waals surface area contributed by atoms with Crippen LogP contribution < -0.4 is 4.90 Å². The zero-order chi connectivity index (χ0) is 22.5. The molecule has 32 heavy (non-hydrogen) atoms. The first-order chi connectivity index (χ1) is 15.4. The van der Waals surface area contributed by atoms with Gasteiger partial charge in [-0.1, -0.05) is 25.0 Å². The molecule has 1 aromatic rings. The van der Waals surface area contributed by atoms with Gasteiger partial charge in [0.2, 0.25) is 17.7 Å². The summed E-state index contributed by atoms with van der Waals surface area (Å²) < 4.78 is 0. The lowest BCUT2D eigenvalue weighted by Gasteiger charge is -2.49. The van der Waals surface area contributed by atoms with Gasteiger partial charge in [0.25, 0.3) is 5.91 Å². The summed E-state index contributed by atoms with van der Waals surface area (Å²) in [5.41, 5.74) is 0.253. The zero-order valence-corrected chi connectivity index (χ0v) is 18.6. The third-order valence-corrected chi connectivity index (χ3v) is 7.69. The minimum Gasteiger partial charge on any atom is -0.339 e. The third kappa shape index (κ3) is 3.27. The molecule has 1 saturated carbocycles. The highest BCUT2D eigenvalue weighted by atomic mass is 16.2. The van der Waals surface area contributed by atoms with Crippen LogP contribution in [-0.4, -0.2) is 76.7 Å². The van der Waals surface area contributed by atoms with E-state index in [9.17, 15) is 19.2 Å². The number of piperazine rings is 1. The fourth-order valence-electron chi connectivity index (χ4n) is 5.78. The van der Waals surface area contributed by atoms with Crippen molar-refractivity contribution in [3.8, 4) is 0 Å². The van der Waals surface area contributed by atoms with Crippen LogP contribution in [0.3, 0.4) is 0 Å². The molecule has 170 valence electrons. The van der Waals surface area contributed by atoms with Crippen LogP contribution in [0.1, 0.15) is 55.8 Å². The smallest absolute Gasteiger partial charge is 0.258 e. The quantitative estimate of drug-likeness (QED) is 0.721. The first-order valence-electron chi connectivity index (χ1n) is 11.7. The fraction of sp³-hybridized carbons (Fsp3) is 0.583. The summed E-state index contributed by atoms with van der Waals surface area (Å²) in [5, 5.41) is 0. The van der Waals surface area contributed by atoms with Crippen LogP contribution in [-0.2, 0) is 14.4 Å². The van der Waals surface area contributed by atoms with Gasteiger partial charge >= 0.3 is 0 Å². The summed E-state index contributed by atoms with van der Waals surface area (Å²) in [6.07, 6.45) is 5.06. The maximum Gasteiger partial charge on any atom is 0.258 e. The van der Waals surface area contributed by atoms with E-state index in [4.69, 9.17) is 0 Å². The van der Waals surface area contributed by atoms with E-state index in [1.54, 1.807) is 32.9 Å². The third-order valence-electron chi connectivity index (χ3n) is 7.69. The number of nitrogens with zero attached hydrogens (tertiary/aromatic N) is 4. The molecule has 1 aromatic carbocycles. The zero-order valence-electron chi connectivity index (χ0n) is 18.6. The summed E-state index contributed by atoms with van der Waals surface area (Å²) in [7, 11) is 0. The topological polar surface area (TPSA) is 81.2 Å². The lowest BCUT2D eigenvalue weighted by molar-refractivity contribution is -0.142. The molecule has 4 amide bonds. The summed E-state index contributed by atoms with van der Waals surface area (Å²) in [6.45, 7) is 3.85. The van der Waals surface area contributed by atoms with E-state index in [0.717, 1.165) is 25.7 Å². The molecule has 5 rings (SSSR count). The number of fused-ring (bicyclic) bond motifs is 3. The maximum absolute atomic E-state index is 13.3. The fourth-order valence-corrected chi connectivity index (χ4v) is 5.78. The number of benzene rings is 1. The standard InChI is InChI=1S/C24H30N4O4/c1-24-11-10-20(29)28(24)19-9-5-4-8-18(19)23(32)27(24)16-21(30)25-12-14-26(15-13-25)22(31)17-6-2-3-7-17/h4-5,8-9,17H,2-3,6-7,10-16H2,1H3. The van der Waals surface area contributed by atoms with Crippen molar-refractivity contribution >= 4 is 29.3 Å². The van der Waals surface area contributed by atoms with Gasteiger partial charge < -0.3 is 14.7 Å². The van der Waals surface area contributed by atoms with Gasteiger partial charge in [0.05, 0.1) is 11.3 Å². The van der Waals surface area contributed by atoms with Crippen LogP contribution in [0.2, 0.25) is 0 Å². The molecule has 1 atom stereocenters. The Hall–Kier alpha value is -2.90. The number of hydrogen-bond acceptors (Lipinski definition) is 4. The largest absolute Gasteiger partial charge is 0.339 e. The summed E-state index contributed by atoms with van der Waals surface area (Å²) in [6, 6.07) is 7.12. The average Bonchev–Trinajstić information content (AvgIpc) is 3.45. The van der Waals surface area contributed by atoms with Crippen LogP contribution in [0.25, 0.3) is 0 Å². The average molecular weight is 439 g/mol. The van der Waals surface area contributed by atoms with E-state index in [-0.39, 0.29) is 36.1 Å². The molecule has 0 aromatic heterocycles. The minimum absolute atomic E-state index is 0.0241. The normalized spacial score (nSPS) is 25.9. The van der Waals surface area contributed by atoms with Crippen LogP contribution in [0.15, 0.2) is 24.3 Å². The Labute approximate surface area is 188 Å². The SMILES string of the molecule is CC12CCC(=O)N1c1ccccc1C(=O)N2CC(=O)N1CCN(C(=O)C2CCCC2)CC1. The van der Waals surface area contributed by atoms with Crippen molar-refractivity contribution < 1.29 is 19.2 Å². The summed E-state index contributed by atoms with van der Waals surface area (Å²) >= 11 is 0. The predicted molar refractivity (Wildman–Crippen MR) is 118 cm³/mol. The lowest BCUT2D eigenvalue weighted by Crippen LogP contribution is -2.64. The van der Waals surface area contributed by atoms with E-state index in [1.807, 2.05) is 17.9 Å². The molecule has 3 heterocycles. The second kappa shape index (κ2) is 7.90. The number of carbonyl (C=O) groups excluding carboxylic acids is 4. The Morgan fingerprint density at radius 3 is 2.38 bits per heavy atom. The Kier molecular flexibility index (Phi) is 5.18. The van der Waals surface area contributed by atoms with Crippen molar-refractivity contribution in [3.63, 3.8) is 0 Å². The number of carbonyl (C=O) groups is 4. The molecule has 2 saturated heterocycles. The number of rotatable bonds is 3. The van der Waals surface area contributed by atoms with Gasteiger partial charge in [0.15, 0.2) is 0 Å². The van der Waals surface area contributed by atoms with Crippen LogP contribution in [0.5, 0.6) is 0 Å². The number of anilines is 1. The molecule has 0 bridgehead atoms. The Morgan fingerprint density at radius 2 is 1.66 bits per heavy atom. The number of hydrogen-bond donors (Lipinski definition) is 0. The van der Waals surface area contributed by atoms with Crippen LogP contribution >= 0.6 is 0 Å². The molecule has 8 nitrogen and oxygen atoms in total. The van der Waals surface area contributed by atoms with Gasteiger partial charge in [-0.05, 0) is 38.3 Å². The molecular weight excluding hydrogens is 408 g/mol. The van der Waals surface area contributed by atoms with Crippen LogP contribution in [0.4, 0.5) is 5.69 Å². The summed E-state index contributed by atoms with van der Waals surface area (Å²) in [5.74, 6) is 0.00627. The van der Waals surface area contributed by atoms with Crippen molar-refractivity contribution in [1.82, 2.24) is 14.7 Å². The van der Waals surface area contributed by atoms with Gasteiger partial charge in [-0.3, -0.25) is 24.1 Å². The summed E-state index contributed by atoms with van der Waals surface area (Å²) in [4.78, 5) is 58.8. The van der Waals surface area contributed by atoms with E-state index in [0.29, 0.717) is 50.3 Å². The monoisotopic (exact) mass is 438 g/mol. The van der Waals surface area contributed by atoms with Crippen molar-refractivity contribution in [2.24, 2.45) is 5.92 Å². The molecule has 8 heteroatoms. The highest BCUT2D eigenvalue weighted by Gasteiger charge is 2.53. The molecule has 0 N–H and O–H groups in total. The Balaban J connectivity index is 1.29. The second-order valence-corrected chi connectivity index (χ2v) is 9.54. The van der Waals surface area contributed by atoms with Crippen molar-refractivity contribution in [2.75, 3.05) is 37.6 Å². The maximum atomic E-state index is 13.3. The van der Waals surface area contributed by atoms with Gasteiger partial charge in [-0.25, -0.2) is 0 Å². The van der Waals surface area contributed by atoms with E-state index in [2.05, 4.69) is 0 Å². The van der Waals surface area contributed by atoms with Gasteiger partial charge in [0.1, 0.15) is 12.2 Å². The molecule has 0 radical (unpaired) electrons. The van der Waals surface area contributed by atoms with E-state index >= 15 is 0 Å². The Bertz CT molecular complexity index is 965. The van der Waals surface area contributed by atoms with Crippen molar-refractivity contribution in [2.45, 2.75) is 51.1 Å². The minimum atomic E-state index is -0.835. The number of para-hydroxylation sites is 1. The van der Waals surface area contributed by atoms with Gasteiger partial charge in [-0.2, -0.15) is 0 Å². The van der Waals surface area contributed by atoms with Crippen LogP contribution in [0, 0.1) is 5.92 Å². The van der Waals surface area contributed by atoms with Gasteiger partial charge in [-0.15, -0.1) is 0 Å². The first kappa shape index (κ1) is 21.0. The highest BCUT2D eigenvalue weighted by molar-refractivity contribution is 6.11. The van der Waals surface area contributed by atoms with Gasteiger partial charge in [0, 0.05) is 38.5 Å². The molecule has 4 aliphatic rings. The van der Waals surface area contributed by atoms with Crippen molar-refractivity contribution in [1.29, 1.82) is 0 Å². The predicted octanol–water partition coefficient (Wildman–Crippen LogP) is 1.85. The highest BCUT2D eigenvalue weighted by Crippen LogP contribution is 2.43. The molecule has 3 fully saturated rings. The molecule has 0 spiro atoms. The lowest BCUT2D eigenvalue weighted by atomic mass is 9.98. The van der Waals surface area contributed by atoms with E-state index < -0.39 is 5.66 Å². The molecule has 1 aliphatic carbocycles. The molecular formula is C24H30N4O4. The number of amides is 4.